The van der Waals surface area contributed by atoms with Gasteiger partial charge in [0.15, 0.2) is 5.82 Å². The number of hydrogen-bond donors (Lipinski definition) is 1. The number of aromatic nitrogens is 2. The van der Waals surface area contributed by atoms with Crippen molar-refractivity contribution in [1.82, 2.24) is 10.1 Å². The highest BCUT2D eigenvalue weighted by molar-refractivity contribution is 5.84. The quantitative estimate of drug-likeness (QED) is 0.292. The van der Waals surface area contributed by atoms with Crippen LogP contribution >= 0.6 is 0 Å². The Labute approximate surface area is 224 Å². The molecule has 8 heteroatoms. The van der Waals surface area contributed by atoms with E-state index in [-0.39, 0.29) is 12.0 Å². The van der Waals surface area contributed by atoms with Gasteiger partial charge in [-0.1, -0.05) is 23.4 Å². The molecule has 1 unspecified atom stereocenters. The highest BCUT2D eigenvalue weighted by atomic mass is 16.6. The minimum atomic E-state index is -0.443. The average molecular weight is 519 g/mol. The summed E-state index contributed by atoms with van der Waals surface area (Å²) in [4.78, 5) is 19.2. The van der Waals surface area contributed by atoms with E-state index < -0.39 is 6.09 Å². The van der Waals surface area contributed by atoms with Gasteiger partial charge in [0.1, 0.15) is 5.75 Å². The normalized spacial score (nSPS) is 16.1. The number of carbonyl (C=O) groups is 1. The Morgan fingerprint density at radius 2 is 1.87 bits per heavy atom. The van der Waals surface area contributed by atoms with Crippen molar-refractivity contribution < 1.29 is 18.8 Å². The highest BCUT2D eigenvalue weighted by Gasteiger charge is 2.32. The van der Waals surface area contributed by atoms with Crippen LogP contribution in [0.25, 0.3) is 0 Å². The van der Waals surface area contributed by atoms with Crippen LogP contribution in [0.2, 0.25) is 0 Å². The third-order valence-corrected chi connectivity index (χ3v) is 7.27. The van der Waals surface area contributed by atoms with Gasteiger partial charge in [-0.05, 0) is 89.1 Å². The first-order valence-corrected chi connectivity index (χ1v) is 13.8. The van der Waals surface area contributed by atoms with Gasteiger partial charge in [-0.2, -0.15) is 4.98 Å². The summed E-state index contributed by atoms with van der Waals surface area (Å²) in [5.41, 5.74) is 4.17. The molecule has 5 rings (SSSR count). The Morgan fingerprint density at radius 1 is 1.11 bits per heavy atom. The van der Waals surface area contributed by atoms with Crippen molar-refractivity contribution in [3.05, 3.63) is 65.3 Å². The van der Waals surface area contributed by atoms with Gasteiger partial charge in [0.05, 0.1) is 18.6 Å². The van der Waals surface area contributed by atoms with E-state index in [4.69, 9.17) is 19.0 Å². The molecule has 3 aromatic rings. The molecule has 0 bridgehead atoms. The molecule has 0 spiro atoms. The van der Waals surface area contributed by atoms with Gasteiger partial charge in [-0.15, -0.1) is 0 Å². The summed E-state index contributed by atoms with van der Waals surface area (Å²) < 4.78 is 16.8. The third kappa shape index (κ3) is 6.11. The summed E-state index contributed by atoms with van der Waals surface area (Å²) in [7, 11) is 0. The van der Waals surface area contributed by atoms with Crippen LogP contribution in [0.3, 0.4) is 0 Å². The monoisotopic (exact) mass is 518 g/mol. The molecule has 8 nitrogen and oxygen atoms in total. The van der Waals surface area contributed by atoms with Gasteiger partial charge in [0.2, 0.25) is 5.89 Å². The zero-order chi connectivity index (χ0) is 26.6. The summed E-state index contributed by atoms with van der Waals surface area (Å²) in [5.74, 6) is 2.77. The van der Waals surface area contributed by atoms with E-state index in [1.807, 2.05) is 39.0 Å². The second-order valence-corrected chi connectivity index (χ2v) is 10.6. The van der Waals surface area contributed by atoms with Crippen LogP contribution in [0.5, 0.6) is 5.75 Å². The maximum atomic E-state index is 12.0. The minimum absolute atomic E-state index is 0.0400. The molecule has 202 valence electrons. The molecule has 2 saturated carbocycles. The first kappa shape index (κ1) is 26.1. The SMILES string of the molecule is CCOc1ccc(C(C)c2nc(C3CC3)no2)c(N(Cc2ccc(NC(=O)OC(C)C)cc2)C2CCC2)c1. The van der Waals surface area contributed by atoms with Crippen LogP contribution < -0.4 is 15.0 Å². The lowest BCUT2D eigenvalue weighted by molar-refractivity contribution is 0.130. The Bertz CT molecular complexity index is 1230. The molecule has 38 heavy (non-hydrogen) atoms. The van der Waals surface area contributed by atoms with E-state index in [9.17, 15) is 4.79 Å². The fourth-order valence-electron chi connectivity index (χ4n) is 4.82. The number of nitrogens with zero attached hydrogens (tertiary/aromatic N) is 3. The first-order chi connectivity index (χ1) is 18.4. The van der Waals surface area contributed by atoms with Crippen molar-refractivity contribution in [2.75, 3.05) is 16.8 Å². The number of ether oxygens (including phenoxy) is 2. The van der Waals surface area contributed by atoms with Crippen molar-refractivity contribution in [3.8, 4) is 5.75 Å². The lowest BCUT2D eigenvalue weighted by Crippen LogP contribution is -2.40. The molecule has 1 aromatic heterocycles. The molecule has 1 heterocycles. The average Bonchev–Trinajstić information content (AvgIpc) is 3.59. The number of anilines is 2. The number of amides is 1. The van der Waals surface area contributed by atoms with E-state index in [0.717, 1.165) is 60.6 Å². The van der Waals surface area contributed by atoms with Crippen LogP contribution in [0.4, 0.5) is 16.2 Å². The smallest absolute Gasteiger partial charge is 0.411 e. The summed E-state index contributed by atoms with van der Waals surface area (Å²) >= 11 is 0. The molecule has 1 atom stereocenters. The third-order valence-electron chi connectivity index (χ3n) is 7.27. The van der Waals surface area contributed by atoms with Crippen molar-refractivity contribution in [1.29, 1.82) is 0 Å². The van der Waals surface area contributed by atoms with Gasteiger partial charge in [0.25, 0.3) is 0 Å². The Morgan fingerprint density at radius 3 is 2.50 bits per heavy atom. The summed E-state index contributed by atoms with van der Waals surface area (Å²) in [5, 5.41) is 7.05. The molecule has 2 aromatic carbocycles. The summed E-state index contributed by atoms with van der Waals surface area (Å²) in [6.07, 6.45) is 5.21. The summed E-state index contributed by atoms with van der Waals surface area (Å²) in [6.45, 7) is 9.16. The Balaban J connectivity index is 1.41. The molecule has 1 amide bonds. The van der Waals surface area contributed by atoms with Crippen LogP contribution in [0, 0.1) is 0 Å². The molecule has 0 saturated heterocycles. The maximum absolute atomic E-state index is 12.0. The zero-order valence-corrected chi connectivity index (χ0v) is 22.8. The standard InChI is InChI=1S/C30H38N4O4/c1-5-36-25-15-16-26(20(4)29-32-28(33-38-29)22-11-12-22)27(17-25)34(24-7-6-8-24)18-21-9-13-23(14-10-21)31-30(35)37-19(2)3/h9-10,13-17,19-20,22,24H,5-8,11-12,18H2,1-4H3,(H,31,35). The fraction of sp³-hybridized carbons (Fsp3) is 0.500. The molecular weight excluding hydrogens is 480 g/mol. The second kappa shape index (κ2) is 11.5. The largest absolute Gasteiger partial charge is 0.494 e. The van der Waals surface area contributed by atoms with Crippen molar-refractivity contribution in [2.24, 2.45) is 0 Å². The van der Waals surface area contributed by atoms with Crippen molar-refractivity contribution in [3.63, 3.8) is 0 Å². The number of nitrogens with one attached hydrogen (secondary N) is 1. The molecule has 0 radical (unpaired) electrons. The molecule has 2 aliphatic carbocycles. The minimum Gasteiger partial charge on any atom is -0.494 e. The predicted molar refractivity (Wildman–Crippen MR) is 147 cm³/mol. The van der Waals surface area contributed by atoms with Crippen molar-refractivity contribution >= 4 is 17.5 Å². The second-order valence-electron chi connectivity index (χ2n) is 10.6. The van der Waals surface area contributed by atoms with Crippen LogP contribution in [-0.4, -0.2) is 35.0 Å². The van der Waals surface area contributed by atoms with E-state index in [1.54, 1.807) is 0 Å². The highest BCUT2D eigenvalue weighted by Crippen LogP contribution is 2.42. The van der Waals surface area contributed by atoms with Gasteiger partial charge in [0, 0.05) is 35.9 Å². The number of rotatable bonds is 11. The number of carbonyl (C=O) groups excluding carboxylic acids is 1. The van der Waals surface area contributed by atoms with Crippen LogP contribution in [-0.2, 0) is 11.3 Å². The lowest BCUT2D eigenvalue weighted by atomic mass is 9.88. The topological polar surface area (TPSA) is 89.7 Å². The predicted octanol–water partition coefficient (Wildman–Crippen LogP) is 7.01. The van der Waals surface area contributed by atoms with E-state index in [1.165, 1.54) is 6.42 Å². The maximum Gasteiger partial charge on any atom is 0.411 e. The zero-order valence-electron chi connectivity index (χ0n) is 22.8. The van der Waals surface area contributed by atoms with E-state index >= 15 is 0 Å². The van der Waals surface area contributed by atoms with Gasteiger partial charge in [-0.3, -0.25) is 5.32 Å². The molecule has 0 aliphatic heterocycles. The first-order valence-electron chi connectivity index (χ1n) is 13.8. The lowest BCUT2D eigenvalue weighted by Gasteiger charge is -2.41. The van der Waals surface area contributed by atoms with Gasteiger partial charge < -0.3 is 18.9 Å². The molecule has 2 aliphatic rings. The number of hydrogen-bond acceptors (Lipinski definition) is 7. The molecule has 2 fully saturated rings. The molecular formula is C30H38N4O4. The Hall–Kier alpha value is -3.55. The van der Waals surface area contributed by atoms with Crippen LogP contribution in [0.1, 0.15) is 94.5 Å². The van der Waals surface area contributed by atoms with E-state index in [2.05, 4.69) is 46.6 Å². The number of benzene rings is 2. The summed E-state index contributed by atoms with van der Waals surface area (Å²) in [6, 6.07) is 14.8. The van der Waals surface area contributed by atoms with E-state index in [0.29, 0.717) is 30.1 Å². The van der Waals surface area contributed by atoms with Crippen LogP contribution in [0.15, 0.2) is 47.0 Å². The molecule has 1 N–H and O–H groups in total. The van der Waals surface area contributed by atoms with Gasteiger partial charge >= 0.3 is 6.09 Å². The fourth-order valence-corrected chi connectivity index (χ4v) is 4.82. The van der Waals surface area contributed by atoms with Gasteiger partial charge in [-0.25, -0.2) is 4.79 Å². The van der Waals surface area contributed by atoms with Crippen molar-refractivity contribution in [2.45, 2.75) is 90.3 Å². The Kier molecular flexibility index (Phi) is 7.86.